The number of rotatable bonds is 4. The van der Waals surface area contributed by atoms with E-state index in [-0.39, 0.29) is 23.1 Å². The SMILES string of the molecule is [Mg+2].[O-][Si]([O-])(OO)OC12O[Si](OO)(O1)O2. The molecule has 3 fully saturated rings. The molecule has 13 heteroatoms. The topological polar surface area (TPSA) is 142 Å². The first-order valence-electron chi connectivity index (χ1n) is 2.81. The maximum absolute atomic E-state index is 10.5. The zero-order valence-corrected chi connectivity index (χ0v) is 9.78. The summed E-state index contributed by atoms with van der Waals surface area (Å²) in [5.74, 6) is 0. The standard InChI is InChI=1S/CH2O10Si2.Mg/c2-10-12(4,5)6-1-7-13(8-1,9-1)11-3;/h2-3H;/q-2;+2. The van der Waals surface area contributed by atoms with E-state index in [2.05, 4.69) is 26.9 Å². The van der Waals surface area contributed by atoms with Gasteiger partial charge < -0.3 is 14.0 Å². The Bertz CT molecular complexity index is 210. The van der Waals surface area contributed by atoms with E-state index < -0.39 is 24.3 Å². The van der Waals surface area contributed by atoms with Crippen LogP contribution in [0.25, 0.3) is 0 Å². The summed E-state index contributed by atoms with van der Waals surface area (Å²) in [4.78, 5) is 20.9. The van der Waals surface area contributed by atoms with Gasteiger partial charge in [-0.05, 0) is 0 Å². The molecule has 3 saturated heterocycles. The molecule has 2 N–H and O–H groups in total. The van der Waals surface area contributed by atoms with Crippen LogP contribution in [-0.4, -0.2) is 57.8 Å². The Labute approximate surface area is 94.5 Å². The largest absolute Gasteiger partial charge is 2.00 e. The van der Waals surface area contributed by atoms with E-state index in [1.54, 1.807) is 0 Å². The van der Waals surface area contributed by atoms with Crippen LogP contribution in [0.5, 0.6) is 0 Å². The molecule has 0 radical (unpaired) electrons. The molecule has 0 amide bonds. The van der Waals surface area contributed by atoms with Gasteiger partial charge in [-0.2, -0.15) is 4.58 Å². The third-order valence-electron chi connectivity index (χ3n) is 1.22. The smallest absolute Gasteiger partial charge is 0.826 e. The summed E-state index contributed by atoms with van der Waals surface area (Å²) in [6, 6.07) is 0. The third-order valence-corrected chi connectivity index (χ3v) is 3.67. The van der Waals surface area contributed by atoms with E-state index in [9.17, 15) is 9.59 Å². The second-order valence-electron chi connectivity index (χ2n) is 2.09. The zero-order valence-electron chi connectivity index (χ0n) is 6.37. The molecule has 3 aliphatic heterocycles. The van der Waals surface area contributed by atoms with Gasteiger partial charge in [-0.1, -0.05) is 0 Å². The molecule has 3 aliphatic rings. The van der Waals surface area contributed by atoms with Crippen LogP contribution in [0.3, 0.4) is 0 Å². The molecule has 0 spiro atoms. The van der Waals surface area contributed by atoms with Crippen molar-refractivity contribution in [2.45, 2.75) is 6.16 Å². The molecule has 3 heterocycles. The van der Waals surface area contributed by atoms with Gasteiger partial charge in [0.05, 0.1) is 0 Å². The first-order valence-corrected chi connectivity index (χ1v) is 6.08. The van der Waals surface area contributed by atoms with Gasteiger partial charge in [-0.25, -0.2) is 0 Å². The Morgan fingerprint density at radius 3 is 2.07 bits per heavy atom. The second-order valence-corrected chi connectivity index (χ2v) is 5.27. The van der Waals surface area contributed by atoms with Gasteiger partial charge in [0.15, 0.2) is 0 Å². The summed E-state index contributed by atoms with van der Waals surface area (Å²) in [5, 5.41) is 15.9. The number of hydrogen-bond donors (Lipinski definition) is 2. The van der Waals surface area contributed by atoms with E-state index in [0.717, 1.165) is 0 Å². The van der Waals surface area contributed by atoms with Crippen molar-refractivity contribution < 1.29 is 47.0 Å². The molecule has 0 atom stereocenters. The summed E-state index contributed by atoms with van der Waals surface area (Å²) < 4.78 is 23.8. The molecule has 0 aliphatic carbocycles. The van der Waals surface area contributed by atoms with E-state index in [4.69, 9.17) is 10.5 Å². The Morgan fingerprint density at radius 1 is 1.21 bits per heavy atom. The van der Waals surface area contributed by atoms with Crippen molar-refractivity contribution in [2.75, 3.05) is 0 Å². The summed E-state index contributed by atoms with van der Waals surface area (Å²) in [5.41, 5.74) is 0. The van der Waals surface area contributed by atoms with Crippen molar-refractivity contribution >= 4 is 41.1 Å². The van der Waals surface area contributed by atoms with Gasteiger partial charge >= 0.3 is 38.3 Å². The van der Waals surface area contributed by atoms with Crippen molar-refractivity contribution in [1.29, 1.82) is 0 Å². The van der Waals surface area contributed by atoms with Crippen molar-refractivity contribution in [3.8, 4) is 0 Å². The van der Waals surface area contributed by atoms with Gasteiger partial charge in [0, 0.05) is 0 Å². The summed E-state index contributed by atoms with van der Waals surface area (Å²) in [6.45, 7) is 0. The third kappa shape index (κ3) is 1.88. The van der Waals surface area contributed by atoms with Crippen LogP contribution < -0.4 is 9.59 Å². The van der Waals surface area contributed by atoms with Crippen LogP contribution in [0.1, 0.15) is 0 Å². The first kappa shape index (κ1) is 12.9. The van der Waals surface area contributed by atoms with Crippen molar-refractivity contribution in [1.82, 2.24) is 0 Å². The van der Waals surface area contributed by atoms with Gasteiger partial charge in [-0.15, -0.1) is 0 Å². The molecule has 0 aromatic heterocycles. The van der Waals surface area contributed by atoms with Crippen molar-refractivity contribution in [3.63, 3.8) is 0 Å². The Hall–Kier alpha value is 0.800. The van der Waals surface area contributed by atoms with Crippen molar-refractivity contribution in [3.05, 3.63) is 0 Å². The fourth-order valence-corrected chi connectivity index (χ4v) is 2.69. The van der Waals surface area contributed by atoms with E-state index in [1.165, 1.54) is 0 Å². The van der Waals surface area contributed by atoms with Crippen LogP contribution in [-0.2, 0) is 26.9 Å². The van der Waals surface area contributed by atoms with Crippen molar-refractivity contribution in [2.24, 2.45) is 0 Å². The predicted octanol–water partition coefficient (Wildman–Crippen LogP) is -4.12. The first-order chi connectivity index (χ1) is 5.95. The van der Waals surface area contributed by atoms with E-state index in [0.29, 0.717) is 0 Å². The fraction of sp³-hybridized carbons (Fsp3) is 1.00. The zero-order chi connectivity index (χ0) is 9.74. The fourth-order valence-electron chi connectivity index (χ4n) is 0.772. The molecule has 0 aromatic carbocycles. The van der Waals surface area contributed by atoms with Crippen LogP contribution in [0.15, 0.2) is 0 Å². The molecular formula is CH2MgO10Si2. The predicted molar refractivity (Wildman–Crippen MR) is 31.8 cm³/mol. The maximum Gasteiger partial charge on any atom is 2.00 e. The van der Waals surface area contributed by atoms with Crippen LogP contribution >= 0.6 is 0 Å². The van der Waals surface area contributed by atoms with Crippen LogP contribution in [0.2, 0.25) is 0 Å². The maximum atomic E-state index is 10.5. The molecule has 2 bridgehead atoms. The number of hydrogen-bond acceptors (Lipinski definition) is 10. The van der Waals surface area contributed by atoms with Gasteiger partial charge in [0.1, 0.15) is 0 Å². The summed E-state index contributed by atoms with van der Waals surface area (Å²) >= 11 is 0. The van der Waals surface area contributed by atoms with Gasteiger partial charge in [-0.3, -0.25) is 28.4 Å². The molecule has 14 heavy (non-hydrogen) atoms. The normalized spacial score (nSPS) is 39.4. The van der Waals surface area contributed by atoms with Gasteiger partial charge in [0.25, 0.3) is 0 Å². The average molecular weight is 254 g/mol. The van der Waals surface area contributed by atoms with E-state index >= 15 is 0 Å². The molecule has 3 rings (SSSR count). The minimum absolute atomic E-state index is 0. The van der Waals surface area contributed by atoms with E-state index in [1.807, 2.05) is 0 Å². The molecule has 0 saturated carbocycles. The monoisotopic (exact) mass is 254 g/mol. The van der Waals surface area contributed by atoms with Gasteiger partial charge in [0.2, 0.25) is 9.05 Å². The second kappa shape index (κ2) is 3.68. The summed E-state index contributed by atoms with van der Waals surface area (Å²) in [6.07, 6.45) is -2.26. The minimum atomic E-state index is -5.22. The molecule has 0 aromatic rings. The quantitative estimate of drug-likeness (QED) is 0.288. The molecule has 76 valence electrons. The average Bonchev–Trinajstić information content (AvgIpc) is 1.94. The minimum Gasteiger partial charge on any atom is -0.826 e. The Kier molecular flexibility index (Phi) is 3.38. The molecule has 10 nitrogen and oxygen atoms in total. The Balaban J connectivity index is 0.000000980. The van der Waals surface area contributed by atoms with Crippen LogP contribution in [0, 0.1) is 0 Å². The molecular weight excluding hydrogens is 252 g/mol. The summed E-state index contributed by atoms with van der Waals surface area (Å²) in [7, 11) is -8.70. The van der Waals surface area contributed by atoms with Crippen LogP contribution in [0.4, 0.5) is 0 Å². The Morgan fingerprint density at radius 2 is 1.71 bits per heavy atom. The molecule has 0 unspecified atom stereocenters.